The molecule has 2 heterocycles. The van der Waals surface area contributed by atoms with Crippen LogP contribution >= 0.6 is 0 Å². The number of hydrogen-bond acceptors (Lipinski definition) is 7. The van der Waals surface area contributed by atoms with Crippen molar-refractivity contribution >= 4 is 12.3 Å². The predicted octanol–water partition coefficient (Wildman–Crippen LogP) is 1.43. The third kappa shape index (κ3) is 4.82. The molecule has 1 aliphatic rings. The van der Waals surface area contributed by atoms with Gasteiger partial charge >= 0.3 is 0 Å². The summed E-state index contributed by atoms with van der Waals surface area (Å²) in [6.07, 6.45) is 2.05. The van der Waals surface area contributed by atoms with Gasteiger partial charge in [-0.3, -0.25) is 9.69 Å². The minimum Gasteiger partial charge on any atom is -0.545 e. The largest absolute Gasteiger partial charge is 0.545 e. The molecule has 1 saturated heterocycles. The first-order chi connectivity index (χ1) is 15.2. The lowest BCUT2D eigenvalue weighted by molar-refractivity contribution is -0.255. The van der Waals surface area contributed by atoms with E-state index in [4.69, 9.17) is 9.47 Å². The number of carboxylic acid groups (broad SMARTS) is 1. The average Bonchev–Trinajstić information content (AvgIpc) is 3.24. The number of aldehydes is 1. The van der Waals surface area contributed by atoms with Crippen molar-refractivity contribution in [2.75, 3.05) is 39.5 Å². The summed E-state index contributed by atoms with van der Waals surface area (Å²) in [7, 11) is 0. The first kappa shape index (κ1) is 20.8. The molecule has 0 amide bonds. The topological polar surface area (TPSA) is 96.7 Å². The van der Waals surface area contributed by atoms with Gasteiger partial charge in [0.15, 0.2) is 0 Å². The summed E-state index contributed by atoms with van der Waals surface area (Å²) in [5.74, 6) is -1.18. The summed E-state index contributed by atoms with van der Waals surface area (Å²) < 4.78 is 12.6. The van der Waals surface area contributed by atoms with Crippen LogP contribution in [0.2, 0.25) is 0 Å². The Labute approximate surface area is 179 Å². The Morgan fingerprint density at radius 3 is 2.32 bits per heavy atom. The number of aromatic nitrogens is 2. The quantitative estimate of drug-likeness (QED) is 0.509. The monoisotopic (exact) mass is 420 g/mol. The number of benzene rings is 2. The number of hydrogen-bond donors (Lipinski definition) is 0. The number of ether oxygens (including phenoxy) is 2. The van der Waals surface area contributed by atoms with E-state index >= 15 is 0 Å². The van der Waals surface area contributed by atoms with Gasteiger partial charge in [0.2, 0.25) is 5.88 Å². The molecule has 160 valence electrons. The highest BCUT2D eigenvalue weighted by molar-refractivity contribution is 5.88. The fourth-order valence-electron chi connectivity index (χ4n) is 3.45. The normalized spacial score (nSPS) is 14.3. The molecular formula is C23H22N3O5-. The Morgan fingerprint density at radius 1 is 1.06 bits per heavy atom. The van der Waals surface area contributed by atoms with Gasteiger partial charge in [0.25, 0.3) is 0 Å². The summed E-state index contributed by atoms with van der Waals surface area (Å²) in [6.45, 7) is 4.01. The molecule has 0 atom stereocenters. The lowest BCUT2D eigenvalue weighted by Crippen LogP contribution is -2.38. The Balaban J connectivity index is 1.52. The first-order valence-electron chi connectivity index (χ1n) is 10.0. The van der Waals surface area contributed by atoms with Crippen LogP contribution in [0.3, 0.4) is 0 Å². The van der Waals surface area contributed by atoms with E-state index < -0.39 is 5.97 Å². The van der Waals surface area contributed by atoms with Crippen LogP contribution in [0.4, 0.5) is 0 Å². The van der Waals surface area contributed by atoms with Gasteiger partial charge in [0.05, 0.1) is 36.6 Å². The summed E-state index contributed by atoms with van der Waals surface area (Å²) in [6, 6.07) is 14.8. The van der Waals surface area contributed by atoms with Crippen molar-refractivity contribution in [3.8, 4) is 22.7 Å². The van der Waals surface area contributed by atoms with Crippen molar-refractivity contribution in [1.29, 1.82) is 0 Å². The standard InChI is InChI=1S/C23H23N3O5/c27-16-17-1-3-18(4-2-17)19-5-7-20(8-6-19)26-22(21(15-24-26)23(28)29)31-14-11-25-9-12-30-13-10-25/h1-8,15-16H,9-14H2,(H,28,29)/p-1. The third-order valence-corrected chi connectivity index (χ3v) is 5.19. The molecule has 0 unspecified atom stereocenters. The van der Waals surface area contributed by atoms with Crippen molar-refractivity contribution in [2.45, 2.75) is 0 Å². The number of carbonyl (C=O) groups is 2. The SMILES string of the molecule is O=Cc1ccc(-c2ccc(-n3ncc(C(=O)[O-])c3OCCN3CCOCC3)cc2)cc1. The molecular weight excluding hydrogens is 398 g/mol. The van der Waals surface area contributed by atoms with Crippen LogP contribution in [0.15, 0.2) is 54.7 Å². The fraction of sp³-hybridized carbons (Fsp3) is 0.261. The van der Waals surface area contributed by atoms with Crippen LogP contribution in [0.25, 0.3) is 16.8 Å². The van der Waals surface area contributed by atoms with Gasteiger partial charge in [-0.15, -0.1) is 0 Å². The molecule has 3 aromatic rings. The Morgan fingerprint density at radius 2 is 1.71 bits per heavy atom. The molecule has 2 aromatic carbocycles. The Bertz CT molecular complexity index is 1040. The van der Waals surface area contributed by atoms with Crippen molar-refractivity contribution in [1.82, 2.24) is 14.7 Å². The van der Waals surface area contributed by atoms with Crippen molar-refractivity contribution in [3.63, 3.8) is 0 Å². The highest BCUT2D eigenvalue weighted by Crippen LogP contribution is 2.25. The van der Waals surface area contributed by atoms with E-state index in [1.165, 1.54) is 10.9 Å². The van der Waals surface area contributed by atoms with Gasteiger partial charge in [-0.05, 0) is 23.3 Å². The molecule has 1 aliphatic heterocycles. The zero-order chi connectivity index (χ0) is 21.6. The molecule has 0 N–H and O–H groups in total. The third-order valence-electron chi connectivity index (χ3n) is 5.19. The summed E-state index contributed by atoms with van der Waals surface area (Å²) >= 11 is 0. The maximum atomic E-state index is 11.5. The van der Waals surface area contributed by atoms with Crippen molar-refractivity contribution in [3.05, 3.63) is 65.9 Å². The Hall–Kier alpha value is -3.49. The summed E-state index contributed by atoms with van der Waals surface area (Å²) in [5.41, 5.74) is 3.13. The smallest absolute Gasteiger partial charge is 0.226 e. The zero-order valence-corrected chi connectivity index (χ0v) is 16.9. The molecule has 0 radical (unpaired) electrons. The number of nitrogens with zero attached hydrogens (tertiary/aromatic N) is 3. The van der Waals surface area contributed by atoms with Gasteiger partial charge < -0.3 is 19.4 Å². The second-order valence-corrected chi connectivity index (χ2v) is 7.15. The summed E-state index contributed by atoms with van der Waals surface area (Å²) in [5, 5.41) is 15.7. The van der Waals surface area contributed by atoms with Crippen LogP contribution in [0.5, 0.6) is 5.88 Å². The minimum absolute atomic E-state index is 0.0875. The van der Waals surface area contributed by atoms with E-state index in [-0.39, 0.29) is 11.4 Å². The van der Waals surface area contributed by atoms with Crippen LogP contribution in [-0.2, 0) is 4.74 Å². The number of aromatic carboxylic acids is 1. The number of carbonyl (C=O) groups excluding carboxylic acids is 2. The highest BCUT2D eigenvalue weighted by atomic mass is 16.5. The molecule has 0 aliphatic carbocycles. The number of rotatable bonds is 8. The molecule has 0 saturated carbocycles. The van der Waals surface area contributed by atoms with Gasteiger partial charge in [-0.25, -0.2) is 4.68 Å². The average molecular weight is 420 g/mol. The van der Waals surface area contributed by atoms with E-state index in [1.54, 1.807) is 12.1 Å². The Kier molecular flexibility index (Phi) is 6.40. The van der Waals surface area contributed by atoms with Crippen LogP contribution in [-0.4, -0.2) is 66.4 Å². The van der Waals surface area contributed by atoms with E-state index in [1.807, 2.05) is 36.4 Å². The summed E-state index contributed by atoms with van der Waals surface area (Å²) in [4.78, 5) is 24.6. The molecule has 8 heteroatoms. The maximum Gasteiger partial charge on any atom is 0.226 e. The van der Waals surface area contributed by atoms with Gasteiger partial charge in [0, 0.05) is 25.2 Å². The molecule has 1 fully saturated rings. The van der Waals surface area contributed by atoms with Crippen LogP contribution < -0.4 is 9.84 Å². The van der Waals surface area contributed by atoms with Gasteiger partial charge in [-0.2, -0.15) is 5.10 Å². The van der Waals surface area contributed by atoms with Crippen molar-refractivity contribution < 1.29 is 24.2 Å². The number of carboxylic acids is 1. The lowest BCUT2D eigenvalue weighted by Gasteiger charge is -2.26. The molecule has 8 nitrogen and oxygen atoms in total. The first-order valence-corrected chi connectivity index (χ1v) is 10.0. The second-order valence-electron chi connectivity index (χ2n) is 7.15. The molecule has 0 spiro atoms. The molecule has 0 bridgehead atoms. The van der Waals surface area contributed by atoms with Crippen LogP contribution in [0.1, 0.15) is 20.7 Å². The van der Waals surface area contributed by atoms with E-state index in [0.29, 0.717) is 37.6 Å². The molecule has 31 heavy (non-hydrogen) atoms. The van der Waals surface area contributed by atoms with Crippen molar-refractivity contribution in [2.24, 2.45) is 0 Å². The van der Waals surface area contributed by atoms with Gasteiger partial charge in [-0.1, -0.05) is 36.4 Å². The van der Waals surface area contributed by atoms with E-state index in [0.717, 1.165) is 30.5 Å². The lowest BCUT2D eigenvalue weighted by atomic mass is 10.0. The maximum absolute atomic E-state index is 11.5. The minimum atomic E-state index is -1.33. The highest BCUT2D eigenvalue weighted by Gasteiger charge is 2.16. The molecule has 4 rings (SSSR count). The number of morpholine rings is 1. The van der Waals surface area contributed by atoms with Gasteiger partial charge in [0.1, 0.15) is 12.9 Å². The van der Waals surface area contributed by atoms with E-state index in [2.05, 4.69) is 10.00 Å². The van der Waals surface area contributed by atoms with Crippen LogP contribution in [0, 0.1) is 0 Å². The predicted molar refractivity (Wildman–Crippen MR) is 111 cm³/mol. The molecule has 1 aromatic heterocycles. The zero-order valence-electron chi connectivity index (χ0n) is 16.9. The fourth-order valence-corrected chi connectivity index (χ4v) is 3.45. The second kappa shape index (κ2) is 9.55. The van der Waals surface area contributed by atoms with E-state index in [9.17, 15) is 14.7 Å².